The van der Waals surface area contributed by atoms with E-state index in [9.17, 15) is 0 Å². The second kappa shape index (κ2) is 4.68. The lowest BCUT2D eigenvalue weighted by Gasteiger charge is -1.98. The maximum atomic E-state index is 5.60. The third-order valence-electron chi connectivity index (χ3n) is 1.84. The molecule has 1 heterocycles. The molecule has 0 atom stereocenters. The molecule has 0 nitrogen and oxygen atoms in total. The van der Waals surface area contributed by atoms with Gasteiger partial charge in [-0.2, -0.15) is 0 Å². The molecule has 0 aliphatic rings. The number of allylic oxidation sites excluding steroid dienone is 2. The van der Waals surface area contributed by atoms with Gasteiger partial charge >= 0.3 is 0 Å². The first-order valence-corrected chi connectivity index (χ1v) is 5.44. The summed E-state index contributed by atoms with van der Waals surface area (Å²) in [7, 11) is 0. The third kappa shape index (κ3) is 2.36. The van der Waals surface area contributed by atoms with Crippen molar-refractivity contribution in [3.63, 3.8) is 0 Å². The number of hydrogen-bond acceptors (Lipinski definition) is 1. The average Bonchev–Trinajstić information content (AvgIpc) is 2.47. The zero-order valence-electron chi connectivity index (χ0n) is 7.43. The minimum absolute atomic E-state index is 0.709. The van der Waals surface area contributed by atoms with E-state index in [2.05, 4.69) is 31.4 Å². The zero-order chi connectivity index (χ0) is 8.97. The van der Waals surface area contributed by atoms with Crippen LogP contribution in [0.1, 0.15) is 23.8 Å². The fourth-order valence-corrected chi connectivity index (χ4v) is 2.05. The Hall–Kier alpha value is -0.270. The van der Waals surface area contributed by atoms with Gasteiger partial charge in [0, 0.05) is 10.8 Å². The second-order valence-corrected chi connectivity index (χ2v) is 4.25. The van der Waals surface area contributed by atoms with Gasteiger partial charge in [-0.15, -0.1) is 22.9 Å². The van der Waals surface area contributed by atoms with E-state index in [1.165, 1.54) is 16.0 Å². The van der Waals surface area contributed by atoms with Gasteiger partial charge < -0.3 is 0 Å². The van der Waals surface area contributed by atoms with Gasteiger partial charge in [-0.1, -0.05) is 6.08 Å². The molecule has 0 unspecified atom stereocenters. The van der Waals surface area contributed by atoms with Gasteiger partial charge in [0.05, 0.1) is 0 Å². The molecule has 2 heteroatoms. The van der Waals surface area contributed by atoms with Crippen LogP contribution in [0.2, 0.25) is 0 Å². The molecule has 0 saturated carbocycles. The average molecular weight is 201 g/mol. The van der Waals surface area contributed by atoms with Gasteiger partial charge in [0.2, 0.25) is 0 Å². The lowest BCUT2D eigenvalue weighted by atomic mass is 10.1. The number of thiophene rings is 1. The summed E-state index contributed by atoms with van der Waals surface area (Å²) >= 11 is 7.40. The van der Waals surface area contributed by atoms with Crippen LogP contribution in [0.4, 0.5) is 0 Å². The fraction of sp³-hybridized carbons (Fsp3) is 0.400. The molecule has 0 amide bonds. The topological polar surface area (TPSA) is 0 Å². The Balaban J connectivity index is 2.77. The lowest BCUT2D eigenvalue weighted by molar-refractivity contribution is 1.23. The molecular formula is C10H13ClS. The van der Waals surface area contributed by atoms with E-state index in [1.807, 2.05) is 0 Å². The van der Waals surface area contributed by atoms with Crippen molar-refractivity contribution >= 4 is 28.5 Å². The Kier molecular flexibility index (Phi) is 3.83. The van der Waals surface area contributed by atoms with Gasteiger partial charge in [0.25, 0.3) is 0 Å². The molecule has 0 saturated heterocycles. The SMILES string of the molecule is C/C(=C/CCCl)c1ccsc1C. The minimum atomic E-state index is 0.709. The lowest BCUT2D eigenvalue weighted by Crippen LogP contribution is -1.78. The van der Waals surface area contributed by atoms with Gasteiger partial charge in [0.15, 0.2) is 0 Å². The molecule has 0 radical (unpaired) electrons. The third-order valence-corrected chi connectivity index (χ3v) is 2.91. The smallest absolute Gasteiger partial charge is 0.0258 e. The zero-order valence-corrected chi connectivity index (χ0v) is 9.00. The van der Waals surface area contributed by atoms with E-state index in [0.717, 1.165) is 6.42 Å². The highest BCUT2D eigenvalue weighted by atomic mass is 35.5. The molecule has 0 N–H and O–H groups in total. The van der Waals surface area contributed by atoms with Crippen molar-refractivity contribution in [3.8, 4) is 0 Å². The van der Waals surface area contributed by atoms with Crippen LogP contribution in [-0.4, -0.2) is 5.88 Å². The summed E-state index contributed by atoms with van der Waals surface area (Å²) in [5, 5.41) is 2.13. The number of rotatable bonds is 3. The van der Waals surface area contributed by atoms with E-state index < -0.39 is 0 Å². The summed E-state index contributed by atoms with van der Waals surface area (Å²) in [4.78, 5) is 1.39. The van der Waals surface area contributed by atoms with Gasteiger partial charge in [-0.3, -0.25) is 0 Å². The van der Waals surface area contributed by atoms with E-state index in [4.69, 9.17) is 11.6 Å². The van der Waals surface area contributed by atoms with Crippen LogP contribution in [0.15, 0.2) is 17.5 Å². The van der Waals surface area contributed by atoms with Crippen molar-refractivity contribution in [1.82, 2.24) is 0 Å². The Bertz CT molecular complexity index is 273. The molecule has 0 fully saturated rings. The Labute approximate surface area is 82.9 Å². The van der Waals surface area contributed by atoms with Crippen LogP contribution in [0.3, 0.4) is 0 Å². The summed E-state index contributed by atoms with van der Waals surface area (Å²) in [5.74, 6) is 0.709. The quantitative estimate of drug-likeness (QED) is 0.645. The molecular weight excluding hydrogens is 188 g/mol. The second-order valence-electron chi connectivity index (χ2n) is 2.76. The number of alkyl halides is 1. The highest BCUT2D eigenvalue weighted by Crippen LogP contribution is 2.23. The van der Waals surface area contributed by atoms with Crippen molar-refractivity contribution in [1.29, 1.82) is 0 Å². The molecule has 12 heavy (non-hydrogen) atoms. The van der Waals surface area contributed by atoms with Crippen LogP contribution in [0.25, 0.3) is 5.57 Å². The van der Waals surface area contributed by atoms with Crippen LogP contribution in [0.5, 0.6) is 0 Å². The first kappa shape index (κ1) is 9.82. The summed E-state index contributed by atoms with van der Waals surface area (Å²) in [5.41, 5.74) is 2.71. The molecule has 0 spiro atoms. The largest absolute Gasteiger partial charge is 0.149 e. The maximum absolute atomic E-state index is 5.60. The van der Waals surface area contributed by atoms with E-state index in [1.54, 1.807) is 11.3 Å². The van der Waals surface area contributed by atoms with Crippen LogP contribution in [-0.2, 0) is 0 Å². The summed E-state index contributed by atoms with van der Waals surface area (Å²) < 4.78 is 0. The van der Waals surface area contributed by atoms with Crippen LogP contribution < -0.4 is 0 Å². The molecule has 0 aliphatic heterocycles. The molecule has 1 rings (SSSR count). The normalized spacial score (nSPS) is 12.1. The van der Waals surface area contributed by atoms with Crippen molar-refractivity contribution in [3.05, 3.63) is 28.0 Å². The molecule has 0 aromatic carbocycles. The molecule has 0 aliphatic carbocycles. The maximum Gasteiger partial charge on any atom is 0.0258 e. The molecule has 66 valence electrons. The van der Waals surface area contributed by atoms with Gasteiger partial charge in [0.1, 0.15) is 0 Å². The summed E-state index contributed by atoms with van der Waals surface area (Å²) in [6, 6.07) is 2.17. The van der Waals surface area contributed by atoms with Crippen LogP contribution >= 0.6 is 22.9 Å². The van der Waals surface area contributed by atoms with Crippen molar-refractivity contribution in [2.75, 3.05) is 5.88 Å². The number of hydrogen-bond donors (Lipinski definition) is 0. The molecule has 1 aromatic rings. The number of aryl methyl sites for hydroxylation is 1. The highest BCUT2D eigenvalue weighted by molar-refractivity contribution is 7.10. The van der Waals surface area contributed by atoms with Crippen molar-refractivity contribution < 1.29 is 0 Å². The monoisotopic (exact) mass is 200 g/mol. The first-order chi connectivity index (χ1) is 5.75. The molecule has 0 bridgehead atoms. The van der Waals surface area contributed by atoms with Gasteiger partial charge in [-0.05, 0) is 42.9 Å². The minimum Gasteiger partial charge on any atom is -0.149 e. The molecule has 1 aromatic heterocycles. The predicted octanol–water partition coefficient (Wildman–Crippen LogP) is 4.09. The van der Waals surface area contributed by atoms with Gasteiger partial charge in [-0.25, -0.2) is 0 Å². The van der Waals surface area contributed by atoms with Crippen molar-refractivity contribution in [2.24, 2.45) is 0 Å². The standard InChI is InChI=1S/C10H13ClS/c1-8(4-3-6-11)10-5-7-12-9(10)2/h4-5,7H,3,6H2,1-2H3/b8-4-. The number of halogens is 1. The van der Waals surface area contributed by atoms with E-state index in [-0.39, 0.29) is 0 Å². The van der Waals surface area contributed by atoms with Crippen LogP contribution in [0, 0.1) is 6.92 Å². The Morgan fingerprint density at radius 2 is 2.42 bits per heavy atom. The van der Waals surface area contributed by atoms with Crippen molar-refractivity contribution in [2.45, 2.75) is 20.3 Å². The summed E-state index contributed by atoms with van der Waals surface area (Å²) in [6.45, 7) is 4.29. The van der Waals surface area contributed by atoms with E-state index >= 15 is 0 Å². The Morgan fingerprint density at radius 1 is 1.67 bits per heavy atom. The predicted molar refractivity (Wildman–Crippen MR) is 58.0 cm³/mol. The first-order valence-electron chi connectivity index (χ1n) is 4.03. The highest BCUT2D eigenvalue weighted by Gasteiger charge is 1.99. The Morgan fingerprint density at radius 3 is 2.92 bits per heavy atom. The summed E-state index contributed by atoms with van der Waals surface area (Å²) in [6.07, 6.45) is 3.16. The van der Waals surface area contributed by atoms with E-state index in [0.29, 0.717) is 5.88 Å². The fourth-order valence-electron chi connectivity index (χ4n) is 1.18.